The highest BCUT2D eigenvalue weighted by Crippen LogP contribution is 2.28. The first-order valence-electron chi connectivity index (χ1n) is 9.71. The van der Waals surface area contributed by atoms with Gasteiger partial charge in [0.05, 0.1) is 18.6 Å². The van der Waals surface area contributed by atoms with Crippen molar-refractivity contribution < 1.29 is 36.6 Å². The Kier molecular flexibility index (Phi) is 7.85. The predicted molar refractivity (Wildman–Crippen MR) is 104 cm³/mol. The SMILES string of the molecule is CC(C)(C)OC(=O)N[C@H]1C[C@@H](c2ccc(F)cc2F)CN=C1NC[C@@H](O)CC(F)(F)F. The van der Waals surface area contributed by atoms with E-state index in [9.17, 15) is 31.9 Å². The second-order valence-electron chi connectivity index (χ2n) is 8.38. The first-order chi connectivity index (χ1) is 14.2. The normalized spacial score (nSPS) is 20.6. The van der Waals surface area contributed by atoms with Crippen LogP contribution in [0.5, 0.6) is 0 Å². The molecule has 0 bridgehead atoms. The molecule has 174 valence electrons. The van der Waals surface area contributed by atoms with Crippen LogP contribution < -0.4 is 10.6 Å². The number of benzene rings is 1. The molecule has 3 atom stereocenters. The number of hydrogen-bond donors (Lipinski definition) is 3. The summed E-state index contributed by atoms with van der Waals surface area (Å²) in [5.74, 6) is -1.85. The number of halogens is 5. The minimum atomic E-state index is -4.53. The second-order valence-corrected chi connectivity index (χ2v) is 8.38. The lowest BCUT2D eigenvalue weighted by Gasteiger charge is -2.31. The van der Waals surface area contributed by atoms with Crippen LogP contribution >= 0.6 is 0 Å². The molecule has 2 rings (SSSR count). The smallest absolute Gasteiger partial charge is 0.408 e. The largest absolute Gasteiger partial charge is 0.444 e. The number of alkyl halides is 3. The van der Waals surface area contributed by atoms with Crippen LogP contribution in [0.2, 0.25) is 0 Å². The minimum Gasteiger partial charge on any atom is -0.444 e. The fourth-order valence-electron chi connectivity index (χ4n) is 3.17. The first-order valence-corrected chi connectivity index (χ1v) is 9.71. The molecule has 0 unspecified atom stereocenters. The molecule has 1 heterocycles. The van der Waals surface area contributed by atoms with Crippen LogP contribution in [0.3, 0.4) is 0 Å². The van der Waals surface area contributed by atoms with Gasteiger partial charge in [-0.15, -0.1) is 0 Å². The molecule has 1 aromatic carbocycles. The molecular formula is C20H26F5N3O3. The fourth-order valence-corrected chi connectivity index (χ4v) is 3.17. The number of nitrogens with zero attached hydrogens (tertiary/aromatic N) is 1. The molecular weight excluding hydrogens is 425 g/mol. The number of hydrogen-bond acceptors (Lipinski definition) is 5. The zero-order valence-corrected chi connectivity index (χ0v) is 17.4. The molecule has 31 heavy (non-hydrogen) atoms. The van der Waals surface area contributed by atoms with Crippen molar-refractivity contribution in [2.24, 2.45) is 4.99 Å². The van der Waals surface area contributed by atoms with Gasteiger partial charge in [-0.3, -0.25) is 4.99 Å². The molecule has 3 N–H and O–H groups in total. The monoisotopic (exact) mass is 451 g/mol. The van der Waals surface area contributed by atoms with Crippen LogP contribution in [0, 0.1) is 11.6 Å². The number of nitrogens with one attached hydrogen (secondary N) is 2. The lowest BCUT2D eigenvalue weighted by atomic mass is 9.89. The van der Waals surface area contributed by atoms with Crippen LogP contribution in [0.4, 0.5) is 26.7 Å². The maximum atomic E-state index is 14.2. The van der Waals surface area contributed by atoms with Gasteiger partial charge >= 0.3 is 12.3 Å². The van der Waals surface area contributed by atoms with Crippen molar-refractivity contribution in [3.63, 3.8) is 0 Å². The zero-order chi connectivity index (χ0) is 23.4. The van der Waals surface area contributed by atoms with E-state index in [0.717, 1.165) is 12.1 Å². The van der Waals surface area contributed by atoms with E-state index in [1.165, 1.54) is 6.07 Å². The topological polar surface area (TPSA) is 83.0 Å². The maximum Gasteiger partial charge on any atom is 0.408 e. The van der Waals surface area contributed by atoms with Crippen molar-refractivity contribution in [1.29, 1.82) is 0 Å². The van der Waals surface area contributed by atoms with Gasteiger partial charge in [0.25, 0.3) is 0 Å². The number of carbonyl (C=O) groups is 1. The Morgan fingerprint density at radius 3 is 2.55 bits per heavy atom. The summed E-state index contributed by atoms with van der Waals surface area (Å²) in [5, 5.41) is 14.8. The van der Waals surface area contributed by atoms with Gasteiger partial charge in [0.15, 0.2) is 0 Å². The van der Waals surface area contributed by atoms with Crippen LogP contribution in [0.25, 0.3) is 0 Å². The molecule has 0 aromatic heterocycles. The summed E-state index contributed by atoms with van der Waals surface area (Å²) < 4.78 is 69.9. The first kappa shape index (κ1) is 24.8. The number of ether oxygens (including phenoxy) is 1. The van der Waals surface area contributed by atoms with Crippen LogP contribution in [0.1, 0.15) is 45.1 Å². The van der Waals surface area contributed by atoms with E-state index in [-0.39, 0.29) is 24.4 Å². The van der Waals surface area contributed by atoms with E-state index < -0.39 is 60.5 Å². The van der Waals surface area contributed by atoms with Crippen molar-refractivity contribution >= 4 is 11.9 Å². The molecule has 1 aromatic rings. The zero-order valence-electron chi connectivity index (χ0n) is 17.4. The number of amides is 1. The van der Waals surface area contributed by atoms with Crippen molar-refractivity contribution in [1.82, 2.24) is 10.6 Å². The molecule has 1 aliphatic heterocycles. The molecule has 11 heteroatoms. The molecule has 0 fully saturated rings. The summed E-state index contributed by atoms with van der Waals surface area (Å²) in [5.41, 5.74) is -0.591. The third kappa shape index (κ3) is 8.31. The van der Waals surface area contributed by atoms with Crippen molar-refractivity contribution in [3.8, 4) is 0 Å². The van der Waals surface area contributed by atoms with Crippen LogP contribution in [-0.4, -0.2) is 54.0 Å². The number of aliphatic hydroxyl groups is 1. The van der Waals surface area contributed by atoms with E-state index in [0.29, 0.717) is 0 Å². The van der Waals surface area contributed by atoms with Crippen molar-refractivity contribution in [2.45, 2.75) is 63.5 Å². The average molecular weight is 451 g/mol. The number of aliphatic hydroxyl groups excluding tert-OH is 1. The van der Waals surface area contributed by atoms with Gasteiger partial charge in [0.2, 0.25) is 0 Å². The number of carbonyl (C=O) groups excluding carboxylic acids is 1. The van der Waals surface area contributed by atoms with Gasteiger partial charge in [0.1, 0.15) is 23.1 Å². The summed E-state index contributed by atoms with van der Waals surface area (Å²) in [4.78, 5) is 16.4. The van der Waals surface area contributed by atoms with Gasteiger partial charge in [-0.05, 0) is 38.8 Å². The highest BCUT2D eigenvalue weighted by molar-refractivity contribution is 5.91. The van der Waals surface area contributed by atoms with E-state index in [2.05, 4.69) is 15.6 Å². The summed E-state index contributed by atoms with van der Waals surface area (Å²) in [6, 6.07) is 2.31. The number of aliphatic imine (C=N–C) groups is 1. The third-order valence-corrected chi connectivity index (χ3v) is 4.41. The van der Waals surface area contributed by atoms with Crippen LogP contribution in [-0.2, 0) is 4.74 Å². The lowest BCUT2D eigenvalue weighted by Crippen LogP contribution is -2.52. The van der Waals surface area contributed by atoms with Gasteiger partial charge in [-0.2, -0.15) is 13.2 Å². The standard InChI is InChI=1S/C20H26F5N3O3/c1-19(2,3)31-18(30)28-16-6-11(14-5-4-12(21)7-15(14)22)9-26-17(16)27-10-13(29)8-20(23,24)25/h4-5,7,11,13,16,29H,6,8-10H2,1-3H3,(H,26,27)(H,28,30)/t11-,13+,16+/m1/s1. The highest BCUT2D eigenvalue weighted by atomic mass is 19.4. The molecule has 0 radical (unpaired) electrons. The Labute approximate surface area is 176 Å². The number of alkyl carbamates (subject to hydrolysis) is 1. The molecule has 6 nitrogen and oxygen atoms in total. The van der Waals surface area contributed by atoms with Gasteiger partial charge < -0.3 is 20.5 Å². The van der Waals surface area contributed by atoms with Gasteiger partial charge in [-0.25, -0.2) is 13.6 Å². The second kappa shape index (κ2) is 9.80. The summed E-state index contributed by atoms with van der Waals surface area (Å²) >= 11 is 0. The van der Waals surface area contributed by atoms with Gasteiger partial charge in [0, 0.05) is 25.1 Å². The quantitative estimate of drug-likeness (QED) is 0.597. The summed E-state index contributed by atoms with van der Waals surface area (Å²) in [7, 11) is 0. The average Bonchev–Trinajstić information content (AvgIpc) is 2.57. The van der Waals surface area contributed by atoms with E-state index in [4.69, 9.17) is 4.74 Å². The Morgan fingerprint density at radius 1 is 1.29 bits per heavy atom. The Balaban J connectivity index is 2.16. The number of amidine groups is 1. The van der Waals surface area contributed by atoms with Crippen molar-refractivity contribution in [3.05, 3.63) is 35.4 Å². The Morgan fingerprint density at radius 2 is 1.97 bits per heavy atom. The Bertz CT molecular complexity index is 808. The Hall–Kier alpha value is -2.43. The fraction of sp³-hybridized carbons (Fsp3) is 0.600. The highest BCUT2D eigenvalue weighted by Gasteiger charge is 2.33. The molecule has 1 amide bonds. The molecule has 0 aliphatic carbocycles. The number of rotatable bonds is 5. The molecule has 1 aliphatic rings. The molecule has 0 saturated carbocycles. The predicted octanol–water partition coefficient (Wildman–Crippen LogP) is 3.65. The summed E-state index contributed by atoms with van der Waals surface area (Å²) in [6.07, 6.45) is -8.29. The molecule has 0 spiro atoms. The van der Waals surface area contributed by atoms with E-state index >= 15 is 0 Å². The van der Waals surface area contributed by atoms with Crippen molar-refractivity contribution in [2.75, 3.05) is 13.1 Å². The minimum absolute atomic E-state index is 0.0623. The lowest BCUT2D eigenvalue weighted by molar-refractivity contribution is -0.152. The van der Waals surface area contributed by atoms with Gasteiger partial charge in [-0.1, -0.05) is 6.07 Å². The summed E-state index contributed by atoms with van der Waals surface area (Å²) in [6.45, 7) is 4.59. The van der Waals surface area contributed by atoms with E-state index in [1.54, 1.807) is 20.8 Å². The van der Waals surface area contributed by atoms with E-state index in [1.807, 2.05) is 0 Å². The molecule has 0 saturated heterocycles. The maximum absolute atomic E-state index is 14.2. The third-order valence-electron chi connectivity index (χ3n) is 4.41. The van der Waals surface area contributed by atoms with Crippen LogP contribution in [0.15, 0.2) is 23.2 Å².